The highest BCUT2D eigenvalue weighted by atomic mass is 32.2. The van der Waals surface area contributed by atoms with Gasteiger partial charge in [0.2, 0.25) is 15.9 Å². The summed E-state index contributed by atoms with van der Waals surface area (Å²) in [4.78, 5) is 11.6. The molecule has 0 aromatic heterocycles. The van der Waals surface area contributed by atoms with E-state index in [0.29, 0.717) is 0 Å². The highest BCUT2D eigenvalue weighted by Gasteiger charge is 2.34. The molecule has 0 spiro atoms. The SMILES string of the molecule is C[C@@H](CC(=O)NCCS(N)(=O)=O)c1ccccc1C(F)(F)F. The summed E-state index contributed by atoms with van der Waals surface area (Å²) in [7, 11) is -3.69. The fourth-order valence-electron chi connectivity index (χ4n) is 1.98. The number of carbonyl (C=O) groups excluding carboxylic acids is 1. The predicted octanol–water partition coefficient (Wildman–Crippen LogP) is 1.60. The molecule has 0 saturated carbocycles. The van der Waals surface area contributed by atoms with Crippen LogP contribution in [0.4, 0.5) is 13.2 Å². The van der Waals surface area contributed by atoms with E-state index in [1.165, 1.54) is 25.1 Å². The first kappa shape index (κ1) is 18.4. The van der Waals surface area contributed by atoms with Crippen molar-refractivity contribution in [2.24, 2.45) is 5.14 Å². The van der Waals surface area contributed by atoms with Crippen molar-refractivity contribution in [3.05, 3.63) is 35.4 Å². The molecule has 0 saturated heterocycles. The van der Waals surface area contributed by atoms with Crippen LogP contribution < -0.4 is 10.5 Å². The van der Waals surface area contributed by atoms with Gasteiger partial charge in [0.15, 0.2) is 0 Å². The first-order valence-corrected chi connectivity index (χ1v) is 8.15. The number of halogens is 3. The summed E-state index contributed by atoms with van der Waals surface area (Å²) in [6.07, 6.45) is -4.67. The molecule has 0 unspecified atom stereocenters. The molecule has 3 N–H and O–H groups in total. The number of primary sulfonamides is 1. The summed E-state index contributed by atoms with van der Waals surface area (Å²) in [5.74, 6) is -1.62. The number of sulfonamides is 1. The van der Waals surface area contributed by atoms with Gasteiger partial charge < -0.3 is 5.32 Å². The Morgan fingerprint density at radius 2 is 1.91 bits per heavy atom. The van der Waals surface area contributed by atoms with Crippen molar-refractivity contribution in [3.63, 3.8) is 0 Å². The smallest absolute Gasteiger partial charge is 0.355 e. The fraction of sp³-hybridized carbons (Fsp3) is 0.462. The second kappa shape index (κ2) is 7.10. The Morgan fingerprint density at radius 1 is 1.32 bits per heavy atom. The lowest BCUT2D eigenvalue weighted by molar-refractivity contribution is -0.138. The van der Waals surface area contributed by atoms with Gasteiger partial charge in [-0.05, 0) is 17.5 Å². The Hall–Kier alpha value is -1.61. The molecule has 5 nitrogen and oxygen atoms in total. The molecular formula is C13H17F3N2O3S. The van der Waals surface area contributed by atoms with Gasteiger partial charge >= 0.3 is 6.18 Å². The predicted molar refractivity (Wildman–Crippen MR) is 75.5 cm³/mol. The zero-order chi connectivity index (χ0) is 17.0. The van der Waals surface area contributed by atoms with Crippen LogP contribution in [-0.4, -0.2) is 26.6 Å². The van der Waals surface area contributed by atoms with Gasteiger partial charge in [-0.25, -0.2) is 13.6 Å². The van der Waals surface area contributed by atoms with Crippen LogP contribution in [0.3, 0.4) is 0 Å². The van der Waals surface area contributed by atoms with E-state index in [1.54, 1.807) is 0 Å². The molecular weight excluding hydrogens is 321 g/mol. The third-order valence-corrected chi connectivity index (χ3v) is 3.77. The van der Waals surface area contributed by atoms with Gasteiger partial charge in [-0.15, -0.1) is 0 Å². The minimum Gasteiger partial charge on any atom is -0.355 e. The van der Waals surface area contributed by atoms with Gasteiger partial charge in [0, 0.05) is 13.0 Å². The molecule has 0 fully saturated rings. The molecule has 22 heavy (non-hydrogen) atoms. The standard InChI is InChI=1S/C13H17F3N2O3S/c1-9(8-12(19)18-6-7-22(17,20)21)10-4-2-3-5-11(10)13(14,15)16/h2-5,9H,6-8H2,1H3,(H,18,19)(H2,17,20,21)/t9-/m0/s1. The normalized spacial score (nSPS) is 13.7. The maximum atomic E-state index is 12.9. The summed E-state index contributed by atoms with van der Waals surface area (Å²) in [6.45, 7) is 1.33. The molecule has 0 aliphatic carbocycles. The topological polar surface area (TPSA) is 89.3 Å². The minimum atomic E-state index is -4.49. The van der Waals surface area contributed by atoms with Gasteiger partial charge in [-0.1, -0.05) is 25.1 Å². The maximum Gasteiger partial charge on any atom is 0.416 e. The minimum absolute atomic E-state index is 0.0246. The quantitative estimate of drug-likeness (QED) is 0.826. The molecule has 1 aromatic carbocycles. The molecule has 0 aliphatic rings. The van der Waals surface area contributed by atoms with E-state index in [0.717, 1.165) is 6.07 Å². The molecule has 0 radical (unpaired) electrons. The van der Waals surface area contributed by atoms with Crippen LogP contribution in [0, 0.1) is 0 Å². The van der Waals surface area contributed by atoms with E-state index in [1.807, 2.05) is 0 Å². The van der Waals surface area contributed by atoms with E-state index in [2.05, 4.69) is 5.32 Å². The van der Waals surface area contributed by atoms with E-state index in [9.17, 15) is 26.4 Å². The molecule has 1 aromatic rings. The fourth-order valence-corrected chi connectivity index (χ4v) is 2.36. The lowest BCUT2D eigenvalue weighted by Crippen LogP contribution is -2.32. The zero-order valence-corrected chi connectivity index (χ0v) is 12.7. The number of alkyl halides is 3. The van der Waals surface area contributed by atoms with E-state index < -0.39 is 39.3 Å². The Labute approximate surface area is 126 Å². The van der Waals surface area contributed by atoms with Crippen molar-refractivity contribution < 1.29 is 26.4 Å². The van der Waals surface area contributed by atoms with Gasteiger partial charge in [-0.2, -0.15) is 13.2 Å². The zero-order valence-electron chi connectivity index (χ0n) is 11.9. The Bertz CT molecular complexity index is 630. The molecule has 1 amide bonds. The van der Waals surface area contributed by atoms with Gasteiger partial charge in [0.05, 0.1) is 11.3 Å². The Morgan fingerprint density at radius 3 is 2.45 bits per heavy atom. The monoisotopic (exact) mass is 338 g/mol. The number of nitrogens with two attached hydrogens (primary N) is 1. The molecule has 1 atom stereocenters. The number of hydrogen-bond acceptors (Lipinski definition) is 3. The number of carbonyl (C=O) groups is 1. The highest BCUT2D eigenvalue weighted by molar-refractivity contribution is 7.89. The first-order valence-electron chi connectivity index (χ1n) is 6.44. The molecule has 0 bridgehead atoms. The van der Waals surface area contributed by atoms with Crippen molar-refractivity contribution in [1.29, 1.82) is 0 Å². The Balaban J connectivity index is 2.70. The summed E-state index contributed by atoms with van der Waals surface area (Å²) >= 11 is 0. The second-order valence-corrected chi connectivity index (χ2v) is 6.64. The number of benzene rings is 1. The summed E-state index contributed by atoms with van der Waals surface area (Å²) < 4.78 is 60.1. The Kier molecular flexibility index (Phi) is 5.95. The van der Waals surface area contributed by atoms with Crippen LogP contribution in [0.2, 0.25) is 0 Å². The average molecular weight is 338 g/mol. The molecule has 9 heteroatoms. The average Bonchev–Trinajstić information content (AvgIpc) is 2.36. The molecule has 124 valence electrons. The summed E-state index contributed by atoms with van der Waals surface area (Å²) in [5.41, 5.74) is -0.753. The lowest BCUT2D eigenvalue weighted by atomic mass is 9.92. The molecule has 0 aliphatic heterocycles. The van der Waals surface area contributed by atoms with E-state index in [4.69, 9.17) is 5.14 Å². The summed E-state index contributed by atoms with van der Waals surface area (Å²) in [5, 5.41) is 7.10. The van der Waals surface area contributed by atoms with E-state index >= 15 is 0 Å². The first-order chi connectivity index (χ1) is 10.0. The van der Waals surface area contributed by atoms with Crippen LogP contribution in [-0.2, 0) is 21.0 Å². The second-order valence-electron chi connectivity index (χ2n) is 4.91. The molecule has 1 rings (SSSR count). The van der Waals surface area contributed by atoms with Gasteiger partial charge in [-0.3, -0.25) is 4.79 Å². The van der Waals surface area contributed by atoms with Gasteiger partial charge in [0.25, 0.3) is 0 Å². The van der Waals surface area contributed by atoms with Crippen LogP contribution in [0.1, 0.15) is 30.4 Å². The maximum absolute atomic E-state index is 12.9. The third kappa shape index (κ3) is 6.02. The lowest BCUT2D eigenvalue weighted by Gasteiger charge is -2.18. The van der Waals surface area contributed by atoms with Crippen LogP contribution >= 0.6 is 0 Å². The van der Waals surface area contributed by atoms with Crippen molar-refractivity contribution in [1.82, 2.24) is 5.32 Å². The van der Waals surface area contributed by atoms with Crippen molar-refractivity contribution in [2.75, 3.05) is 12.3 Å². The summed E-state index contributed by atoms with van der Waals surface area (Å²) in [6, 6.07) is 5.04. The number of rotatable bonds is 6. The number of nitrogens with one attached hydrogen (secondary N) is 1. The molecule has 0 heterocycles. The number of amides is 1. The third-order valence-electron chi connectivity index (χ3n) is 3.00. The van der Waals surface area contributed by atoms with Crippen molar-refractivity contribution in [3.8, 4) is 0 Å². The largest absolute Gasteiger partial charge is 0.416 e. The van der Waals surface area contributed by atoms with Crippen LogP contribution in [0.25, 0.3) is 0 Å². The number of hydrogen-bond donors (Lipinski definition) is 2. The van der Waals surface area contributed by atoms with Crippen LogP contribution in [0.15, 0.2) is 24.3 Å². The van der Waals surface area contributed by atoms with Crippen molar-refractivity contribution >= 4 is 15.9 Å². The van der Waals surface area contributed by atoms with Crippen LogP contribution in [0.5, 0.6) is 0 Å². The highest BCUT2D eigenvalue weighted by Crippen LogP contribution is 2.35. The van der Waals surface area contributed by atoms with E-state index in [-0.39, 0.29) is 18.5 Å². The van der Waals surface area contributed by atoms with Crippen molar-refractivity contribution in [2.45, 2.75) is 25.4 Å². The van der Waals surface area contributed by atoms with Gasteiger partial charge in [0.1, 0.15) is 0 Å².